The molecule has 112 valence electrons. The van der Waals surface area contributed by atoms with Gasteiger partial charge in [-0.3, -0.25) is 9.69 Å². The van der Waals surface area contributed by atoms with Crippen molar-refractivity contribution in [3.63, 3.8) is 0 Å². The highest BCUT2D eigenvalue weighted by Crippen LogP contribution is 2.25. The Morgan fingerprint density at radius 2 is 2.00 bits per heavy atom. The molecule has 1 saturated heterocycles. The van der Waals surface area contributed by atoms with Crippen LogP contribution in [0.5, 0.6) is 0 Å². The Morgan fingerprint density at radius 3 is 2.67 bits per heavy atom. The molecule has 1 aliphatic rings. The standard InChI is InChI=1S/C15H18N2O2S2/c18-15(14-4-2-10-21-14)16-11-12(13-3-1-9-20-13)17-5-7-19-8-6-17/h1-4,9-10,12H,5-8,11H2,(H,16,18)/t12-/m1/s1. The Labute approximate surface area is 132 Å². The van der Waals surface area contributed by atoms with Crippen molar-refractivity contribution in [3.05, 3.63) is 44.8 Å². The molecule has 3 heterocycles. The second kappa shape index (κ2) is 7.17. The zero-order chi connectivity index (χ0) is 14.5. The summed E-state index contributed by atoms with van der Waals surface area (Å²) in [6, 6.07) is 8.20. The fourth-order valence-corrected chi connectivity index (χ4v) is 3.96. The molecule has 0 aliphatic carbocycles. The van der Waals surface area contributed by atoms with Gasteiger partial charge in [-0.1, -0.05) is 12.1 Å². The zero-order valence-electron chi connectivity index (χ0n) is 11.7. The quantitative estimate of drug-likeness (QED) is 0.920. The SMILES string of the molecule is O=C(NC[C@H](c1cccs1)N1CCOCC1)c1cccs1. The van der Waals surface area contributed by atoms with Crippen molar-refractivity contribution in [2.24, 2.45) is 0 Å². The first-order valence-corrected chi connectivity index (χ1v) is 8.77. The molecule has 0 aromatic carbocycles. The molecule has 1 atom stereocenters. The van der Waals surface area contributed by atoms with E-state index in [4.69, 9.17) is 4.74 Å². The summed E-state index contributed by atoms with van der Waals surface area (Å²) in [5, 5.41) is 7.08. The molecule has 3 rings (SSSR count). The molecule has 1 N–H and O–H groups in total. The van der Waals surface area contributed by atoms with E-state index in [1.54, 1.807) is 11.3 Å². The van der Waals surface area contributed by atoms with Gasteiger partial charge in [-0.2, -0.15) is 0 Å². The molecule has 6 heteroatoms. The fourth-order valence-electron chi connectivity index (χ4n) is 2.46. The Hall–Kier alpha value is -1.21. The van der Waals surface area contributed by atoms with Crippen LogP contribution < -0.4 is 5.32 Å². The number of hydrogen-bond donors (Lipinski definition) is 1. The lowest BCUT2D eigenvalue weighted by atomic mass is 10.2. The molecular weight excluding hydrogens is 304 g/mol. The zero-order valence-corrected chi connectivity index (χ0v) is 13.3. The molecule has 0 bridgehead atoms. The average molecular weight is 322 g/mol. The second-order valence-corrected chi connectivity index (χ2v) is 6.79. The minimum Gasteiger partial charge on any atom is -0.379 e. The Balaban J connectivity index is 1.66. The Morgan fingerprint density at radius 1 is 1.24 bits per heavy atom. The van der Waals surface area contributed by atoms with Gasteiger partial charge in [-0.15, -0.1) is 22.7 Å². The topological polar surface area (TPSA) is 41.6 Å². The fraction of sp³-hybridized carbons (Fsp3) is 0.400. The van der Waals surface area contributed by atoms with Gasteiger partial charge in [-0.25, -0.2) is 0 Å². The van der Waals surface area contributed by atoms with Gasteiger partial charge in [0.2, 0.25) is 0 Å². The monoisotopic (exact) mass is 322 g/mol. The number of nitrogens with zero attached hydrogens (tertiary/aromatic N) is 1. The van der Waals surface area contributed by atoms with Gasteiger partial charge in [0.1, 0.15) is 0 Å². The molecule has 0 spiro atoms. The van der Waals surface area contributed by atoms with Gasteiger partial charge in [0.15, 0.2) is 0 Å². The Bertz CT molecular complexity index is 548. The highest BCUT2D eigenvalue weighted by atomic mass is 32.1. The summed E-state index contributed by atoms with van der Waals surface area (Å²) in [6.45, 7) is 3.99. The number of carbonyl (C=O) groups excluding carboxylic acids is 1. The molecule has 0 unspecified atom stereocenters. The highest BCUT2D eigenvalue weighted by Gasteiger charge is 2.24. The lowest BCUT2D eigenvalue weighted by Gasteiger charge is -2.34. The number of amides is 1. The minimum absolute atomic E-state index is 0.0137. The van der Waals surface area contributed by atoms with Crippen molar-refractivity contribution in [2.75, 3.05) is 32.8 Å². The van der Waals surface area contributed by atoms with E-state index in [1.165, 1.54) is 16.2 Å². The smallest absolute Gasteiger partial charge is 0.261 e. The van der Waals surface area contributed by atoms with Crippen LogP contribution in [-0.2, 0) is 4.74 Å². The predicted octanol–water partition coefficient (Wildman–Crippen LogP) is 2.61. The van der Waals surface area contributed by atoms with Crippen molar-refractivity contribution < 1.29 is 9.53 Å². The molecule has 0 radical (unpaired) electrons. The molecule has 1 aliphatic heterocycles. The normalized spacial score (nSPS) is 17.5. The van der Waals surface area contributed by atoms with Crippen LogP contribution >= 0.6 is 22.7 Å². The third-order valence-corrected chi connectivity index (χ3v) is 5.40. The summed E-state index contributed by atoms with van der Waals surface area (Å²) in [5.41, 5.74) is 0. The third-order valence-electron chi connectivity index (χ3n) is 3.56. The first-order valence-electron chi connectivity index (χ1n) is 7.01. The van der Waals surface area contributed by atoms with Gasteiger partial charge in [0, 0.05) is 24.5 Å². The maximum absolute atomic E-state index is 12.1. The minimum atomic E-state index is 0.0137. The van der Waals surface area contributed by atoms with Gasteiger partial charge in [-0.05, 0) is 22.9 Å². The van der Waals surface area contributed by atoms with E-state index >= 15 is 0 Å². The molecule has 21 heavy (non-hydrogen) atoms. The average Bonchev–Trinajstić information content (AvgIpc) is 3.22. The van der Waals surface area contributed by atoms with Crippen LogP contribution in [0.4, 0.5) is 0 Å². The van der Waals surface area contributed by atoms with E-state index in [-0.39, 0.29) is 11.9 Å². The largest absolute Gasteiger partial charge is 0.379 e. The number of ether oxygens (including phenoxy) is 1. The van der Waals surface area contributed by atoms with Crippen LogP contribution in [-0.4, -0.2) is 43.7 Å². The summed E-state index contributed by atoms with van der Waals surface area (Å²) in [6.07, 6.45) is 0. The van der Waals surface area contributed by atoms with E-state index in [9.17, 15) is 4.79 Å². The number of thiophene rings is 2. The van der Waals surface area contributed by atoms with Gasteiger partial charge in [0.25, 0.3) is 5.91 Å². The Kier molecular flexibility index (Phi) is 5.03. The molecule has 1 amide bonds. The van der Waals surface area contributed by atoms with E-state index < -0.39 is 0 Å². The van der Waals surface area contributed by atoms with Crippen LogP contribution in [0.25, 0.3) is 0 Å². The van der Waals surface area contributed by atoms with E-state index in [0.717, 1.165) is 31.2 Å². The summed E-state index contributed by atoms with van der Waals surface area (Å²) in [7, 11) is 0. The third kappa shape index (κ3) is 3.71. The van der Waals surface area contributed by atoms with Crippen molar-refractivity contribution in [2.45, 2.75) is 6.04 Å². The number of rotatable bonds is 5. The number of hydrogen-bond acceptors (Lipinski definition) is 5. The molecule has 1 fully saturated rings. The van der Waals surface area contributed by atoms with Gasteiger partial charge in [0.05, 0.1) is 24.1 Å². The van der Waals surface area contributed by atoms with Gasteiger partial charge < -0.3 is 10.1 Å². The number of morpholine rings is 1. The van der Waals surface area contributed by atoms with Crippen molar-refractivity contribution in [1.82, 2.24) is 10.2 Å². The second-order valence-electron chi connectivity index (χ2n) is 4.87. The van der Waals surface area contributed by atoms with Crippen molar-refractivity contribution in [3.8, 4) is 0 Å². The van der Waals surface area contributed by atoms with Gasteiger partial charge >= 0.3 is 0 Å². The first kappa shape index (κ1) is 14.7. The predicted molar refractivity (Wildman–Crippen MR) is 86.1 cm³/mol. The van der Waals surface area contributed by atoms with E-state index in [0.29, 0.717) is 6.54 Å². The summed E-state index contributed by atoms with van der Waals surface area (Å²) < 4.78 is 5.43. The lowest BCUT2D eigenvalue weighted by Crippen LogP contribution is -2.43. The van der Waals surface area contributed by atoms with Crippen LogP contribution in [0, 0.1) is 0 Å². The van der Waals surface area contributed by atoms with Crippen molar-refractivity contribution in [1.29, 1.82) is 0 Å². The van der Waals surface area contributed by atoms with E-state index in [2.05, 4.69) is 27.7 Å². The maximum atomic E-state index is 12.1. The number of nitrogens with one attached hydrogen (secondary N) is 1. The van der Waals surface area contributed by atoms with E-state index in [1.807, 2.05) is 17.5 Å². The summed E-state index contributed by atoms with van der Waals surface area (Å²) in [4.78, 5) is 16.6. The lowest BCUT2D eigenvalue weighted by molar-refractivity contribution is 0.0169. The maximum Gasteiger partial charge on any atom is 0.261 e. The molecule has 4 nitrogen and oxygen atoms in total. The first-order chi connectivity index (χ1) is 10.3. The molecule has 0 saturated carbocycles. The van der Waals surface area contributed by atoms with Crippen LogP contribution in [0.15, 0.2) is 35.0 Å². The molecule has 2 aromatic rings. The molecule has 2 aromatic heterocycles. The number of carbonyl (C=O) groups is 1. The highest BCUT2D eigenvalue weighted by molar-refractivity contribution is 7.12. The van der Waals surface area contributed by atoms with Crippen LogP contribution in [0.3, 0.4) is 0 Å². The summed E-state index contributed by atoms with van der Waals surface area (Å²) >= 11 is 3.22. The van der Waals surface area contributed by atoms with Crippen molar-refractivity contribution >= 4 is 28.6 Å². The van der Waals surface area contributed by atoms with Crippen LogP contribution in [0.1, 0.15) is 20.6 Å². The summed E-state index contributed by atoms with van der Waals surface area (Å²) in [5.74, 6) is 0.0137. The molecular formula is C15H18N2O2S2. The van der Waals surface area contributed by atoms with Crippen LogP contribution in [0.2, 0.25) is 0 Å².